The van der Waals surface area contributed by atoms with Crippen molar-refractivity contribution in [2.45, 2.75) is 12.5 Å². The summed E-state index contributed by atoms with van der Waals surface area (Å²) in [4.78, 5) is 1.41. The summed E-state index contributed by atoms with van der Waals surface area (Å²) in [5.41, 5.74) is 1.38. The summed E-state index contributed by atoms with van der Waals surface area (Å²) in [7, 11) is 2.02. The molecule has 1 nitrogen and oxygen atoms in total. The second-order valence-corrected chi connectivity index (χ2v) is 6.02. The van der Waals surface area contributed by atoms with Gasteiger partial charge in [-0.3, -0.25) is 0 Å². The Kier molecular flexibility index (Phi) is 3.97. The van der Waals surface area contributed by atoms with Crippen molar-refractivity contribution < 1.29 is 0 Å². The third kappa shape index (κ3) is 2.91. The lowest BCUT2D eigenvalue weighted by atomic mass is 10.1. The lowest BCUT2D eigenvalue weighted by Gasteiger charge is -2.13. The highest BCUT2D eigenvalue weighted by molar-refractivity contribution is 9.10. The number of likely N-dealkylation sites (N-methyl/N-ethyl adjacent to an activating group) is 1. The summed E-state index contributed by atoms with van der Waals surface area (Å²) in [5, 5.41) is 9.84. The van der Waals surface area contributed by atoms with E-state index in [1.807, 2.05) is 18.4 Å². The minimum atomic E-state index is 0.432. The van der Waals surface area contributed by atoms with Crippen molar-refractivity contribution in [2.75, 3.05) is 7.05 Å². The monoisotopic (exact) mass is 301 g/mol. The molecule has 0 aliphatic carbocycles. The van der Waals surface area contributed by atoms with Crippen LogP contribution in [0, 0.1) is 0 Å². The SMILES string of the molecule is CNC(Cc1cc(Br)cs1)c1ccsc1. The molecule has 2 aromatic heterocycles. The van der Waals surface area contributed by atoms with Crippen molar-refractivity contribution in [3.8, 4) is 0 Å². The van der Waals surface area contributed by atoms with Crippen molar-refractivity contribution in [1.29, 1.82) is 0 Å². The van der Waals surface area contributed by atoms with Gasteiger partial charge in [-0.05, 0) is 51.4 Å². The van der Waals surface area contributed by atoms with Crippen LogP contribution >= 0.6 is 38.6 Å². The Morgan fingerprint density at radius 3 is 2.87 bits per heavy atom. The Hall–Kier alpha value is -0.160. The van der Waals surface area contributed by atoms with Crippen molar-refractivity contribution in [1.82, 2.24) is 5.32 Å². The van der Waals surface area contributed by atoms with E-state index in [0.29, 0.717) is 6.04 Å². The van der Waals surface area contributed by atoms with Crippen LogP contribution in [0.1, 0.15) is 16.5 Å². The van der Waals surface area contributed by atoms with Crippen LogP contribution in [0.25, 0.3) is 0 Å². The zero-order valence-corrected chi connectivity index (χ0v) is 11.6. The highest BCUT2D eigenvalue weighted by Gasteiger charge is 2.11. The summed E-state index contributed by atoms with van der Waals surface area (Å²) in [6.45, 7) is 0. The predicted octanol–water partition coefficient (Wildman–Crippen LogP) is 4.08. The first kappa shape index (κ1) is 11.3. The van der Waals surface area contributed by atoms with Crippen LogP contribution in [-0.4, -0.2) is 7.05 Å². The molecule has 4 heteroatoms. The van der Waals surface area contributed by atoms with Gasteiger partial charge in [0.2, 0.25) is 0 Å². The molecule has 0 aliphatic heterocycles. The van der Waals surface area contributed by atoms with E-state index in [-0.39, 0.29) is 0 Å². The van der Waals surface area contributed by atoms with Gasteiger partial charge in [0.05, 0.1) is 0 Å². The topological polar surface area (TPSA) is 12.0 Å². The van der Waals surface area contributed by atoms with E-state index in [2.05, 4.69) is 49.5 Å². The maximum atomic E-state index is 3.48. The third-order valence-corrected chi connectivity index (χ3v) is 4.74. The van der Waals surface area contributed by atoms with Crippen LogP contribution < -0.4 is 5.32 Å². The van der Waals surface area contributed by atoms with E-state index in [9.17, 15) is 0 Å². The Labute approximate surface area is 106 Å². The van der Waals surface area contributed by atoms with Gasteiger partial charge in [0.15, 0.2) is 0 Å². The minimum absolute atomic E-state index is 0.432. The highest BCUT2D eigenvalue weighted by atomic mass is 79.9. The molecule has 0 aromatic carbocycles. The molecule has 80 valence electrons. The lowest BCUT2D eigenvalue weighted by Crippen LogP contribution is -2.17. The first-order valence-electron chi connectivity index (χ1n) is 4.72. The summed E-state index contributed by atoms with van der Waals surface area (Å²) in [5.74, 6) is 0. The van der Waals surface area contributed by atoms with Crippen LogP contribution in [0.4, 0.5) is 0 Å². The quantitative estimate of drug-likeness (QED) is 0.897. The van der Waals surface area contributed by atoms with Crippen LogP contribution in [0.2, 0.25) is 0 Å². The molecular weight excluding hydrogens is 290 g/mol. The first-order chi connectivity index (χ1) is 7.29. The zero-order chi connectivity index (χ0) is 10.7. The Bertz CT molecular complexity index is 408. The summed E-state index contributed by atoms with van der Waals surface area (Å²) >= 11 is 7.05. The smallest absolute Gasteiger partial charge is 0.0374 e. The fourth-order valence-corrected chi connectivity index (χ4v) is 3.73. The molecule has 0 radical (unpaired) electrons. The number of hydrogen-bond donors (Lipinski definition) is 1. The van der Waals surface area contributed by atoms with Crippen LogP contribution in [0.5, 0.6) is 0 Å². The van der Waals surface area contributed by atoms with E-state index in [1.54, 1.807) is 11.3 Å². The molecule has 1 N–H and O–H groups in total. The summed E-state index contributed by atoms with van der Waals surface area (Å²) < 4.78 is 1.18. The fourth-order valence-electron chi connectivity index (χ4n) is 1.52. The van der Waals surface area contributed by atoms with Crippen molar-refractivity contribution in [2.24, 2.45) is 0 Å². The molecule has 1 atom stereocenters. The molecule has 0 spiro atoms. The Morgan fingerprint density at radius 1 is 1.47 bits per heavy atom. The van der Waals surface area contributed by atoms with Crippen molar-refractivity contribution >= 4 is 38.6 Å². The van der Waals surface area contributed by atoms with Crippen LogP contribution in [0.15, 0.2) is 32.7 Å². The lowest BCUT2D eigenvalue weighted by molar-refractivity contribution is 0.598. The number of rotatable bonds is 4. The number of hydrogen-bond acceptors (Lipinski definition) is 3. The molecule has 15 heavy (non-hydrogen) atoms. The normalized spacial score (nSPS) is 12.9. The summed E-state index contributed by atoms with van der Waals surface area (Å²) in [6, 6.07) is 4.82. The molecule has 2 rings (SSSR count). The molecule has 0 bridgehead atoms. The number of nitrogens with one attached hydrogen (secondary N) is 1. The number of halogens is 1. The summed E-state index contributed by atoms with van der Waals surface area (Å²) in [6.07, 6.45) is 1.06. The molecule has 0 amide bonds. The zero-order valence-electron chi connectivity index (χ0n) is 8.37. The van der Waals surface area contributed by atoms with Gasteiger partial charge in [-0.2, -0.15) is 11.3 Å². The molecule has 1 unspecified atom stereocenters. The van der Waals surface area contributed by atoms with Crippen molar-refractivity contribution in [3.05, 3.63) is 43.2 Å². The van der Waals surface area contributed by atoms with Gasteiger partial charge in [0.1, 0.15) is 0 Å². The van der Waals surface area contributed by atoms with E-state index in [4.69, 9.17) is 0 Å². The molecule has 0 saturated heterocycles. The maximum absolute atomic E-state index is 3.48. The van der Waals surface area contributed by atoms with Crippen LogP contribution in [0.3, 0.4) is 0 Å². The van der Waals surface area contributed by atoms with Gasteiger partial charge in [-0.25, -0.2) is 0 Å². The second-order valence-electron chi connectivity index (χ2n) is 3.33. The van der Waals surface area contributed by atoms with Gasteiger partial charge in [0.25, 0.3) is 0 Å². The molecule has 0 fully saturated rings. The van der Waals surface area contributed by atoms with Gasteiger partial charge in [-0.1, -0.05) is 0 Å². The van der Waals surface area contributed by atoms with Gasteiger partial charge in [-0.15, -0.1) is 11.3 Å². The average molecular weight is 302 g/mol. The minimum Gasteiger partial charge on any atom is -0.313 e. The van der Waals surface area contributed by atoms with E-state index < -0.39 is 0 Å². The molecule has 2 aromatic rings. The standard InChI is InChI=1S/C11H12BrNS2/c1-13-11(8-2-3-14-6-8)5-10-4-9(12)7-15-10/h2-4,6-7,11,13H,5H2,1H3. The Balaban J connectivity index is 2.09. The largest absolute Gasteiger partial charge is 0.313 e. The van der Waals surface area contributed by atoms with Crippen molar-refractivity contribution in [3.63, 3.8) is 0 Å². The average Bonchev–Trinajstić information content (AvgIpc) is 2.85. The van der Waals surface area contributed by atoms with E-state index in [0.717, 1.165) is 6.42 Å². The highest BCUT2D eigenvalue weighted by Crippen LogP contribution is 2.26. The molecular formula is C11H12BrNS2. The third-order valence-electron chi connectivity index (χ3n) is 2.32. The van der Waals surface area contributed by atoms with Crippen LogP contribution in [-0.2, 0) is 6.42 Å². The second kappa shape index (κ2) is 5.25. The number of thiophene rings is 2. The first-order valence-corrected chi connectivity index (χ1v) is 7.33. The predicted molar refractivity (Wildman–Crippen MR) is 71.8 cm³/mol. The van der Waals surface area contributed by atoms with Gasteiger partial charge in [0, 0.05) is 27.2 Å². The molecule has 2 heterocycles. The van der Waals surface area contributed by atoms with Gasteiger partial charge >= 0.3 is 0 Å². The molecule has 0 saturated carbocycles. The Morgan fingerprint density at radius 2 is 2.33 bits per heavy atom. The van der Waals surface area contributed by atoms with Gasteiger partial charge < -0.3 is 5.32 Å². The van der Waals surface area contributed by atoms with E-state index >= 15 is 0 Å². The van der Waals surface area contributed by atoms with E-state index in [1.165, 1.54) is 14.9 Å². The maximum Gasteiger partial charge on any atom is 0.0374 e. The molecule has 0 aliphatic rings. The fraction of sp³-hybridized carbons (Fsp3) is 0.273.